The summed E-state index contributed by atoms with van der Waals surface area (Å²) in [5.41, 5.74) is 1.13. The molecule has 0 aliphatic rings. The van der Waals surface area contributed by atoms with E-state index in [1.54, 1.807) is 12.1 Å². The van der Waals surface area contributed by atoms with Crippen molar-refractivity contribution in [3.63, 3.8) is 0 Å². The second kappa shape index (κ2) is 8.86. The molecule has 0 bridgehead atoms. The molecule has 2 rings (SSSR count). The Labute approximate surface area is 142 Å². The van der Waals surface area contributed by atoms with Crippen molar-refractivity contribution in [3.8, 4) is 0 Å². The Bertz CT molecular complexity index is 670. The number of carbonyl (C=O) groups is 1. The zero-order valence-corrected chi connectivity index (χ0v) is 14.5. The lowest BCUT2D eigenvalue weighted by atomic mass is 10.2. The number of rotatable bonds is 8. The molecule has 6 heteroatoms. The Morgan fingerprint density at radius 1 is 1.17 bits per heavy atom. The first-order valence-electron chi connectivity index (χ1n) is 8.21. The van der Waals surface area contributed by atoms with Crippen LogP contribution in [0.15, 0.2) is 36.7 Å². The normalized spacial score (nSPS) is 10.3. The molecule has 0 spiro atoms. The number of carbonyl (C=O) groups excluding carboxylic acids is 1. The summed E-state index contributed by atoms with van der Waals surface area (Å²) in [6, 6.07) is 9.10. The van der Waals surface area contributed by atoms with Crippen LogP contribution in [-0.2, 0) is 4.74 Å². The Morgan fingerprint density at radius 3 is 2.54 bits per heavy atom. The van der Waals surface area contributed by atoms with Crippen LogP contribution in [0.2, 0.25) is 0 Å². The maximum absolute atomic E-state index is 11.9. The van der Waals surface area contributed by atoms with Crippen LogP contribution >= 0.6 is 0 Å². The third-order valence-corrected chi connectivity index (χ3v) is 3.56. The summed E-state index contributed by atoms with van der Waals surface area (Å²) in [6.07, 6.45) is 3.65. The van der Waals surface area contributed by atoms with E-state index in [0.29, 0.717) is 17.1 Å². The molecule has 0 fully saturated rings. The van der Waals surface area contributed by atoms with Crippen molar-refractivity contribution >= 4 is 23.3 Å². The highest BCUT2D eigenvalue weighted by atomic mass is 16.5. The fourth-order valence-electron chi connectivity index (χ4n) is 2.49. The molecule has 0 amide bonds. The first-order valence-corrected chi connectivity index (χ1v) is 8.21. The van der Waals surface area contributed by atoms with Crippen LogP contribution in [0.1, 0.15) is 37.0 Å². The van der Waals surface area contributed by atoms with Gasteiger partial charge in [-0.25, -0.2) is 14.8 Å². The van der Waals surface area contributed by atoms with Gasteiger partial charge in [-0.15, -0.1) is 0 Å². The van der Waals surface area contributed by atoms with Gasteiger partial charge in [0.1, 0.15) is 18.0 Å². The average molecular weight is 328 g/mol. The molecule has 1 heterocycles. The van der Waals surface area contributed by atoms with Crippen molar-refractivity contribution in [2.24, 2.45) is 0 Å². The van der Waals surface area contributed by atoms with E-state index in [1.165, 1.54) is 13.4 Å². The van der Waals surface area contributed by atoms with Gasteiger partial charge in [0.2, 0.25) is 0 Å². The summed E-state index contributed by atoms with van der Waals surface area (Å²) in [5, 5.41) is 3.19. The Kier molecular flexibility index (Phi) is 6.54. The van der Waals surface area contributed by atoms with Gasteiger partial charge in [-0.2, -0.15) is 0 Å². The first kappa shape index (κ1) is 17.7. The number of ether oxygens (including phenoxy) is 1. The number of esters is 1. The summed E-state index contributed by atoms with van der Waals surface area (Å²) >= 11 is 0. The van der Waals surface area contributed by atoms with E-state index in [1.807, 2.05) is 18.2 Å². The van der Waals surface area contributed by atoms with E-state index in [4.69, 9.17) is 4.74 Å². The number of nitrogens with zero attached hydrogens (tertiary/aromatic N) is 3. The number of benzene rings is 1. The monoisotopic (exact) mass is 328 g/mol. The molecular weight excluding hydrogens is 304 g/mol. The molecule has 0 aliphatic heterocycles. The van der Waals surface area contributed by atoms with Gasteiger partial charge in [0.15, 0.2) is 0 Å². The van der Waals surface area contributed by atoms with Gasteiger partial charge in [0.25, 0.3) is 0 Å². The van der Waals surface area contributed by atoms with E-state index >= 15 is 0 Å². The molecule has 6 nitrogen and oxygen atoms in total. The lowest BCUT2D eigenvalue weighted by Crippen LogP contribution is -2.26. The fraction of sp³-hybridized carbons (Fsp3) is 0.389. The van der Waals surface area contributed by atoms with E-state index in [-0.39, 0.29) is 5.97 Å². The van der Waals surface area contributed by atoms with Gasteiger partial charge in [-0.3, -0.25) is 0 Å². The number of nitrogens with one attached hydrogen (secondary N) is 1. The number of anilines is 3. The average Bonchev–Trinajstić information content (AvgIpc) is 2.61. The fourth-order valence-corrected chi connectivity index (χ4v) is 2.49. The van der Waals surface area contributed by atoms with Crippen LogP contribution < -0.4 is 10.2 Å². The van der Waals surface area contributed by atoms with Crippen LogP contribution in [-0.4, -0.2) is 36.1 Å². The van der Waals surface area contributed by atoms with Gasteiger partial charge >= 0.3 is 5.97 Å². The maximum atomic E-state index is 11.9. The zero-order valence-electron chi connectivity index (χ0n) is 14.5. The van der Waals surface area contributed by atoms with E-state index in [0.717, 1.165) is 31.7 Å². The third kappa shape index (κ3) is 4.44. The van der Waals surface area contributed by atoms with Crippen molar-refractivity contribution in [2.75, 3.05) is 30.4 Å². The molecule has 0 radical (unpaired) electrons. The van der Waals surface area contributed by atoms with Crippen LogP contribution in [0.5, 0.6) is 0 Å². The number of hydrogen-bond acceptors (Lipinski definition) is 6. The highest BCUT2D eigenvalue weighted by Gasteiger charge is 2.12. The van der Waals surface area contributed by atoms with Crippen molar-refractivity contribution in [1.82, 2.24) is 9.97 Å². The summed E-state index contributed by atoms with van der Waals surface area (Å²) in [5.74, 6) is 1.14. The summed E-state index contributed by atoms with van der Waals surface area (Å²) in [7, 11) is 1.37. The summed E-state index contributed by atoms with van der Waals surface area (Å²) in [4.78, 5) is 22.7. The van der Waals surface area contributed by atoms with Gasteiger partial charge in [-0.1, -0.05) is 26.0 Å². The summed E-state index contributed by atoms with van der Waals surface area (Å²) in [6.45, 7) is 6.19. The lowest BCUT2D eigenvalue weighted by molar-refractivity contribution is 0.0602. The van der Waals surface area contributed by atoms with E-state index < -0.39 is 0 Å². The Morgan fingerprint density at radius 2 is 1.88 bits per heavy atom. The molecule has 1 aromatic carbocycles. The second-order valence-electron chi connectivity index (χ2n) is 5.41. The number of para-hydroxylation sites is 1. The predicted molar refractivity (Wildman–Crippen MR) is 95.9 cm³/mol. The minimum atomic E-state index is -0.383. The van der Waals surface area contributed by atoms with Crippen LogP contribution in [0.4, 0.5) is 17.3 Å². The smallest absolute Gasteiger partial charge is 0.339 e. The van der Waals surface area contributed by atoms with Gasteiger partial charge < -0.3 is 15.0 Å². The van der Waals surface area contributed by atoms with E-state index in [9.17, 15) is 4.79 Å². The molecule has 2 aromatic rings. The third-order valence-electron chi connectivity index (χ3n) is 3.56. The quantitative estimate of drug-likeness (QED) is 0.746. The van der Waals surface area contributed by atoms with Crippen LogP contribution in [0, 0.1) is 0 Å². The second-order valence-corrected chi connectivity index (χ2v) is 5.41. The minimum absolute atomic E-state index is 0.383. The molecule has 0 saturated heterocycles. The summed E-state index contributed by atoms with van der Waals surface area (Å²) < 4.78 is 4.82. The van der Waals surface area contributed by atoms with Gasteiger partial charge in [0.05, 0.1) is 18.4 Å². The largest absolute Gasteiger partial charge is 0.465 e. The van der Waals surface area contributed by atoms with Gasteiger partial charge in [0, 0.05) is 19.2 Å². The topological polar surface area (TPSA) is 67.4 Å². The van der Waals surface area contributed by atoms with Crippen molar-refractivity contribution < 1.29 is 9.53 Å². The molecule has 24 heavy (non-hydrogen) atoms. The Balaban J connectivity index is 2.25. The number of hydrogen-bond donors (Lipinski definition) is 1. The first-order chi connectivity index (χ1) is 11.7. The molecule has 0 unspecified atom stereocenters. The van der Waals surface area contributed by atoms with E-state index in [2.05, 4.69) is 34.0 Å². The predicted octanol–water partition coefficient (Wildman–Crippen LogP) is 3.63. The van der Waals surface area contributed by atoms with Crippen LogP contribution in [0.25, 0.3) is 0 Å². The van der Waals surface area contributed by atoms with Crippen molar-refractivity contribution in [1.29, 1.82) is 0 Å². The van der Waals surface area contributed by atoms with Crippen molar-refractivity contribution in [3.05, 3.63) is 42.2 Å². The highest BCUT2D eigenvalue weighted by Crippen LogP contribution is 2.22. The van der Waals surface area contributed by atoms with Crippen LogP contribution in [0.3, 0.4) is 0 Å². The molecule has 1 aromatic heterocycles. The van der Waals surface area contributed by atoms with Gasteiger partial charge in [-0.05, 0) is 25.0 Å². The minimum Gasteiger partial charge on any atom is -0.465 e. The molecule has 0 atom stereocenters. The number of aromatic nitrogens is 2. The zero-order chi connectivity index (χ0) is 17.4. The van der Waals surface area contributed by atoms with Crippen molar-refractivity contribution in [2.45, 2.75) is 26.7 Å². The highest BCUT2D eigenvalue weighted by molar-refractivity contribution is 5.96. The lowest BCUT2D eigenvalue weighted by Gasteiger charge is -2.22. The molecule has 1 N–H and O–H groups in total. The maximum Gasteiger partial charge on any atom is 0.339 e. The number of methoxy groups -OCH3 is 1. The molecule has 0 aliphatic carbocycles. The Hall–Kier alpha value is -2.63. The molecular formula is C18H24N4O2. The SMILES string of the molecule is CCCN(CCC)c1cc(Nc2ccccc2C(=O)OC)ncn1. The standard InChI is InChI=1S/C18H24N4O2/c1-4-10-22(11-5-2)17-12-16(19-13-20-17)21-15-9-7-6-8-14(15)18(23)24-3/h6-9,12-13H,4-5,10-11H2,1-3H3,(H,19,20,21). The molecule has 0 saturated carbocycles. The molecule has 128 valence electrons.